The highest BCUT2D eigenvalue weighted by atomic mass is 35.5. The van der Waals surface area contributed by atoms with Crippen LogP contribution >= 0.6 is 11.6 Å². The van der Waals surface area contributed by atoms with Crippen LogP contribution in [-0.4, -0.2) is 35.1 Å². The highest BCUT2D eigenvalue weighted by Gasteiger charge is 2.18. The standard InChI is InChI=1S/C25H25ClN4O4/c1-4-33-12-6-10-28-23(31)18(15-27)14-20-24(34-19-8-9-21(26)17(3)13-19)29-22-16(2)7-5-11-30(22)25(20)32/h5,7-9,11,13-14H,4,6,10,12H2,1-3H3,(H,28,31). The molecule has 0 bridgehead atoms. The minimum absolute atomic E-state index is 0.0158. The monoisotopic (exact) mass is 480 g/mol. The molecule has 1 aromatic carbocycles. The van der Waals surface area contributed by atoms with Crippen molar-refractivity contribution in [1.29, 1.82) is 5.26 Å². The first-order valence-electron chi connectivity index (χ1n) is 10.8. The maximum absolute atomic E-state index is 13.3. The van der Waals surface area contributed by atoms with E-state index in [1.807, 2.05) is 32.9 Å². The van der Waals surface area contributed by atoms with E-state index in [-0.39, 0.29) is 17.0 Å². The minimum Gasteiger partial charge on any atom is -0.438 e. The molecule has 9 heteroatoms. The van der Waals surface area contributed by atoms with Crippen molar-refractivity contribution in [3.63, 3.8) is 0 Å². The molecule has 0 fully saturated rings. The second-order valence-electron chi connectivity index (χ2n) is 7.51. The van der Waals surface area contributed by atoms with Crippen molar-refractivity contribution in [2.24, 2.45) is 0 Å². The van der Waals surface area contributed by atoms with Crippen LogP contribution in [0.25, 0.3) is 11.7 Å². The molecule has 8 nitrogen and oxygen atoms in total. The zero-order chi connectivity index (χ0) is 24.7. The number of nitriles is 1. The van der Waals surface area contributed by atoms with Gasteiger partial charge in [0.15, 0.2) is 0 Å². The van der Waals surface area contributed by atoms with E-state index in [2.05, 4.69) is 10.3 Å². The number of benzene rings is 1. The van der Waals surface area contributed by atoms with Gasteiger partial charge in [-0.15, -0.1) is 0 Å². The Balaban J connectivity index is 2.05. The third kappa shape index (κ3) is 5.81. The number of hydrogen-bond acceptors (Lipinski definition) is 6. The van der Waals surface area contributed by atoms with Crippen molar-refractivity contribution in [2.75, 3.05) is 19.8 Å². The molecule has 0 unspecified atom stereocenters. The summed E-state index contributed by atoms with van der Waals surface area (Å²) in [6.07, 6.45) is 3.38. The third-order valence-electron chi connectivity index (χ3n) is 5.00. The Kier molecular flexibility index (Phi) is 8.41. The maximum Gasteiger partial charge on any atom is 0.269 e. The topological polar surface area (TPSA) is 106 Å². The Morgan fingerprint density at radius 3 is 2.79 bits per heavy atom. The Bertz CT molecular complexity index is 1340. The summed E-state index contributed by atoms with van der Waals surface area (Å²) in [4.78, 5) is 30.4. The molecule has 1 amide bonds. The smallest absolute Gasteiger partial charge is 0.269 e. The van der Waals surface area contributed by atoms with Crippen LogP contribution in [0.2, 0.25) is 5.02 Å². The molecule has 0 aliphatic heterocycles. The van der Waals surface area contributed by atoms with Gasteiger partial charge >= 0.3 is 0 Å². The number of hydrogen-bond donors (Lipinski definition) is 1. The Morgan fingerprint density at radius 1 is 1.29 bits per heavy atom. The Hall–Kier alpha value is -3.67. The van der Waals surface area contributed by atoms with E-state index in [0.717, 1.165) is 11.1 Å². The van der Waals surface area contributed by atoms with Crippen LogP contribution in [0, 0.1) is 25.2 Å². The van der Waals surface area contributed by atoms with Gasteiger partial charge in [0.05, 0.1) is 0 Å². The molecule has 0 radical (unpaired) electrons. The Labute approximate surface area is 202 Å². The van der Waals surface area contributed by atoms with Crippen LogP contribution in [0.4, 0.5) is 0 Å². The number of halogens is 1. The maximum atomic E-state index is 13.3. The number of aromatic nitrogens is 2. The first-order valence-corrected chi connectivity index (χ1v) is 11.2. The molecule has 2 aromatic heterocycles. The molecule has 0 spiro atoms. The van der Waals surface area contributed by atoms with Gasteiger partial charge in [-0.05, 0) is 68.7 Å². The fourth-order valence-electron chi connectivity index (χ4n) is 3.19. The molecule has 176 valence electrons. The number of nitrogens with zero attached hydrogens (tertiary/aromatic N) is 3. The predicted molar refractivity (Wildman–Crippen MR) is 130 cm³/mol. The number of ether oxygens (including phenoxy) is 2. The molecular weight excluding hydrogens is 456 g/mol. The highest BCUT2D eigenvalue weighted by molar-refractivity contribution is 6.31. The predicted octanol–water partition coefficient (Wildman–Crippen LogP) is 4.21. The summed E-state index contributed by atoms with van der Waals surface area (Å²) in [6.45, 7) is 6.95. The number of fused-ring (bicyclic) bond motifs is 1. The molecule has 3 rings (SSSR count). The number of rotatable bonds is 9. The van der Waals surface area contributed by atoms with Gasteiger partial charge in [-0.25, -0.2) is 0 Å². The minimum atomic E-state index is -0.596. The molecule has 2 heterocycles. The lowest BCUT2D eigenvalue weighted by Gasteiger charge is -2.12. The van der Waals surface area contributed by atoms with Gasteiger partial charge in [-0.1, -0.05) is 17.7 Å². The second-order valence-corrected chi connectivity index (χ2v) is 7.92. The van der Waals surface area contributed by atoms with Gasteiger partial charge in [0.1, 0.15) is 28.6 Å². The van der Waals surface area contributed by atoms with E-state index in [9.17, 15) is 14.9 Å². The van der Waals surface area contributed by atoms with Crippen LogP contribution in [-0.2, 0) is 9.53 Å². The van der Waals surface area contributed by atoms with Crippen LogP contribution in [0.5, 0.6) is 11.6 Å². The number of amides is 1. The van der Waals surface area contributed by atoms with E-state index in [1.54, 1.807) is 30.5 Å². The van der Waals surface area contributed by atoms with Gasteiger partial charge in [0.2, 0.25) is 5.88 Å². The molecule has 0 atom stereocenters. The lowest BCUT2D eigenvalue weighted by molar-refractivity contribution is -0.117. The molecule has 3 aromatic rings. The summed E-state index contributed by atoms with van der Waals surface area (Å²) < 4.78 is 12.6. The van der Waals surface area contributed by atoms with Gasteiger partial charge in [0.25, 0.3) is 11.5 Å². The summed E-state index contributed by atoms with van der Waals surface area (Å²) in [7, 11) is 0. The Morgan fingerprint density at radius 2 is 2.09 bits per heavy atom. The van der Waals surface area contributed by atoms with Gasteiger partial charge in [-0.2, -0.15) is 10.2 Å². The largest absolute Gasteiger partial charge is 0.438 e. The molecule has 1 N–H and O–H groups in total. The summed E-state index contributed by atoms with van der Waals surface area (Å²) in [6, 6.07) is 10.5. The van der Waals surface area contributed by atoms with E-state index in [4.69, 9.17) is 21.1 Å². The fraction of sp³-hybridized carbons (Fsp3) is 0.280. The summed E-state index contributed by atoms with van der Waals surface area (Å²) >= 11 is 6.11. The van der Waals surface area contributed by atoms with Crippen LogP contribution < -0.4 is 15.6 Å². The zero-order valence-corrected chi connectivity index (χ0v) is 20.0. The quantitative estimate of drug-likeness (QED) is 0.279. The van der Waals surface area contributed by atoms with Crippen molar-refractivity contribution < 1.29 is 14.3 Å². The zero-order valence-electron chi connectivity index (χ0n) is 19.2. The average molecular weight is 481 g/mol. The number of carbonyl (C=O) groups is 1. The molecule has 0 aliphatic carbocycles. The van der Waals surface area contributed by atoms with Gasteiger partial charge in [0, 0.05) is 31.0 Å². The lowest BCUT2D eigenvalue weighted by atomic mass is 10.1. The SMILES string of the molecule is CCOCCCNC(=O)C(C#N)=Cc1c(Oc2ccc(Cl)c(C)c2)nc2c(C)cccn2c1=O. The van der Waals surface area contributed by atoms with Crippen molar-refractivity contribution in [1.82, 2.24) is 14.7 Å². The lowest BCUT2D eigenvalue weighted by Crippen LogP contribution is -2.27. The number of pyridine rings is 1. The second kappa shape index (κ2) is 11.5. The fourth-order valence-corrected chi connectivity index (χ4v) is 3.31. The van der Waals surface area contributed by atoms with E-state index < -0.39 is 11.5 Å². The molecular formula is C25H25ClN4O4. The van der Waals surface area contributed by atoms with E-state index in [1.165, 1.54) is 10.5 Å². The van der Waals surface area contributed by atoms with Crippen molar-refractivity contribution in [3.05, 3.63) is 74.2 Å². The molecule has 0 aliphatic rings. The molecule has 34 heavy (non-hydrogen) atoms. The normalized spacial score (nSPS) is 11.3. The average Bonchev–Trinajstić information content (AvgIpc) is 2.82. The van der Waals surface area contributed by atoms with Crippen molar-refractivity contribution in [3.8, 4) is 17.7 Å². The van der Waals surface area contributed by atoms with E-state index in [0.29, 0.717) is 42.6 Å². The molecule has 0 saturated heterocycles. The first kappa shape index (κ1) is 25.0. The number of aryl methyl sites for hydroxylation is 2. The van der Waals surface area contributed by atoms with Crippen LogP contribution in [0.1, 0.15) is 30.0 Å². The third-order valence-corrected chi connectivity index (χ3v) is 5.43. The number of carbonyl (C=O) groups excluding carboxylic acids is 1. The number of nitrogens with one attached hydrogen (secondary N) is 1. The van der Waals surface area contributed by atoms with Gasteiger partial charge < -0.3 is 14.8 Å². The summed E-state index contributed by atoms with van der Waals surface area (Å²) in [5.41, 5.74) is 1.24. The van der Waals surface area contributed by atoms with Crippen LogP contribution in [0.3, 0.4) is 0 Å². The molecule has 0 saturated carbocycles. The van der Waals surface area contributed by atoms with E-state index >= 15 is 0 Å². The summed E-state index contributed by atoms with van der Waals surface area (Å²) in [5, 5.41) is 12.8. The van der Waals surface area contributed by atoms with Crippen LogP contribution in [0.15, 0.2) is 46.9 Å². The van der Waals surface area contributed by atoms with Gasteiger partial charge in [-0.3, -0.25) is 14.0 Å². The summed E-state index contributed by atoms with van der Waals surface area (Å²) in [5.74, 6) is -0.195. The first-order chi connectivity index (χ1) is 16.3. The highest BCUT2D eigenvalue weighted by Crippen LogP contribution is 2.27. The van der Waals surface area contributed by atoms with Crippen molar-refractivity contribution >= 4 is 29.2 Å². The van der Waals surface area contributed by atoms with Crippen molar-refractivity contribution in [2.45, 2.75) is 27.2 Å².